The smallest absolute Gasteiger partial charge is 0.253 e. The molecule has 0 aliphatic carbocycles. The molecule has 0 aromatic heterocycles. The molecule has 0 saturated carbocycles. The molecule has 2 amide bonds. The highest BCUT2D eigenvalue weighted by Crippen LogP contribution is 2.24. The van der Waals surface area contributed by atoms with E-state index in [-0.39, 0.29) is 17.9 Å². The van der Waals surface area contributed by atoms with E-state index in [1.165, 1.54) is 0 Å². The van der Waals surface area contributed by atoms with Crippen molar-refractivity contribution in [3.8, 4) is 0 Å². The van der Waals surface area contributed by atoms with Gasteiger partial charge in [0.15, 0.2) is 0 Å². The summed E-state index contributed by atoms with van der Waals surface area (Å²) in [6, 6.07) is 21.2. The summed E-state index contributed by atoms with van der Waals surface area (Å²) >= 11 is 0. The van der Waals surface area contributed by atoms with E-state index in [1.807, 2.05) is 36.1 Å². The Morgan fingerprint density at radius 2 is 1.59 bits per heavy atom. The predicted octanol–water partition coefficient (Wildman–Crippen LogP) is 4.50. The zero-order valence-corrected chi connectivity index (χ0v) is 18.9. The maximum Gasteiger partial charge on any atom is 0.253 e. The Hall–Kier alpha value is -3.18. The Morgan fingerprint density at radius 1 is 0.906 bits per heavy atom. The first-order chi connectivity index (χ1) is 15.6. The van der Waals surface area contributed by atoms with Crippen LogP contribution in [0.1, 0.15) is 52.6 Å². The summed E-state index contributed by atoms with van der Waals surface area (Å²) in [7, 11) is 0. The predicted molar refractivity (Wildman–Crippen MR) is 129 cm³/mol. The molecule has 32 heavy (non-hydrogen) atoms. The summed E-state index contributed by atoms with van der Waals surface area (Å²) in [5, 5.41) is 5.38. The van der Waals surface area contributed by atoms with Gasteiger partial charge in [0.2, 0.25) is 0 Å². The Balaban J connectivity index is 1.45. The second-order valence-corrected chi connectivity index (χ2v) is 8.48. The average Bonchev–Trinajstić information content (AvgIpc) is 2.84. The van der Waals surface area contributed by atoms with Crippen LogP contribution in [-0.4, -0.2) is 54.3 Å². The van der Waals surface area contributed by atoms with Crippen LogP contribution in [0.25, 0.3) is 10.8 Å². The van der Waals surface area contributed by atoms with Gasteiger partial charge in [-0.3, -0.25) is 14.5 Å². The number of nitrogens with one attached hydrogen (secondary N) is 1. The molecular weight excluding hydrogens is 398 g/mol. The van der Waals surface area contributed by atoms with Crippen LogP contribution in [-0.2, 0) is 0 Å². The van der Waals surface area contributed by atoms with E-state index in [2.05, 4.69) is 35.3 Å². The number of amides is 2. The highest BCUT2D eigenvalue weighted by molar-refractivity contribution is 6.00. The van der Waals surface area contributed by atoms with Crippen LogP contribution in [0.4, 0.5) is 0 Å². The van der Waals surface area contributed by atoms with Crippen molar-refractivity contribution in [2.45, 2.75) is 26.3 Å². The largest absolute Gasteiger partial charge is 0.345 e. The molecule has 166 valence electrons. The Bertz CT molecular complexity index is 1100. The summed E-state index contributed by atoms with van der Waals surface area (Å²) in [4.78, 5) is 30.3. The summed E-state index contributed by atoms with van der Waals surface area (Å²) < 4.78 is 0. The van der Waals surface area contributed by atoms with Gasteiger partial charge >= 0.3 is 0 Å². The topological polar surface area (TPSA) is 52.7 Å². The molecule has 1 atom stereocenters. The van der Waals surface area contributed by atoms with Crippen molar-refractivity contribution in [3.05, 3.63) is 83.4 Å². The lowest BCUT2D eigenvalue weighted by molar-refractivity contribution is 0.0637. The van der Waals surface area contributed by atoms with Crippen LogP contribution < -0.4 is 5.32 Å². The number of hydrogen-bond donors (Lipinski definition) is 1. The summed E-state index contributed by atoms with van der Waals surface area (Å²) in [6.45, 7) is 8.51. The molecule has 3 aromatic rings. The maximum atomic E-state index is 13.0. The number of piperazine rings is 1. The highest BCUT2D eigenvalue weighted by Gasteiger charge is 2.22. The minimum Gasteiger partial charge on any atom is -0.345 e. The third-order valence-electron chi connectivity index (χ3n) is 6.21. The van der Waals surface area contributed by atoms with Crippen molar-refractivity contribution in [2.24, 2.45) is 0 Å². The first-order valence-corrected chi connectivity index (χ1v) is 11.5. The van der Waals surface area contributed by atoms with Gasteiger partial charge < -0.3 is 10.2 Å². The highest BCUT2D eigenvalue weighted by atomic mass is 16.2. The fourth-order valence-electron chi connectivity index (χ4n) is 4.45. The van der Waals surface area contributed by atoms with Crippen molar-refractivity contribution >= 4 is 22.6 Å². The molecule has 1 heterocycles. The third kappa shape index (κ3) is 4.83. The number of fused-ring (bicyclic) bond motifs is 1. The van der Waals surface area contributed by atoms with Crippen molar-refractivity contribution in [1.29, 1.82) is 0 Å². The van der Waals surface area contributed by atoms with Crippen LogP contribution in [0.2, 0.25) is 0 Å². The third-order valence-corrected chi connectivity index (χ3v) is 6.21. The molecule has 0 unspecified atom stereocenters. The van der Waals surface area contributed by atoms with E-state index >= 15 is 0 Å². The van der Waals surface area contributed by atoms with E-state index in [0.717, 1.165) is 55.5 Å². The lowest BCUT2D eigenvalue weighted by Crippen LogP contribution is -2.48. The first-order valence-electron chi connectivity index (χ1n) is 11.5. The molecule has 1 N–H and O–H groups in total. The zero-order chi connectivity index (χ0) is 22.5. The van der Waals surface area contributed by atoms with Crippen LogP contribution in [0.15, 0.2) is 66.7 Å². The fraction of sp³-hybridized carbons (Fsp3) is 0.333. The van der Waals surface area contributed by atoms with Gasteiger partial charge in [0, 0.05) is 37.3 Å². The van der Waals surface area contributed by atoms with Gasteiger partial charge in [-0.25, -0.2) is 0 Å². The van der Waals surface area contributed by atoms with Crippen molar-refractivity contribution < 1.29 is 9.59 Å². The van der Waals surface area contributed by atoms with Gasteiger partial charge in [0.25, 0.3) is 11.8 Å². The van der Waals surface area contributed by atoms with E-state index < -0.39 is 0 Å². The molecule has 1 aliphatic heterocycles. The van der Waals surface area contributed by atoms with Gasteiger partial charge in [-0.15, -0.1) is 0 Å². The zero-order valence-electron chi connectivity index (χ0n) is 18.9. The Labute approximate surface area is 190 Å². The van der Waals surface area contributed by atoms with Crippen LogP contribution in [0, 0.1) is 0 Å². The normalized spacial score (nSPS) is 15.5. The van der Waals surface area contributed by atoms with Crippen molar-refractivity contribution in [2.75, 3.05) is 32.7 Å². The monoisotopic (exact) mass is 429 g/mol. The molecule has 1 saturated heterocycles. The lowest BCUT2D eigenvalue weighted by atomic mass is 9.99. The molecule has 4 rings (SSSR count). The first kappa shape index (κ1) is 22.0. The van der Waals surface area contributed by atoms with Crippen LogP contribution in [0.3, 0.4) is 0 Å². The van der Waals surface area contributed by atoms with Gasteiger partial charge in [-0.2, -0.15) is 0 Å². The Kier molecular flexibility index (Phi) is 6.86. The summed E-state index contributed by atoms with van der Waals surface area (Å²) in [5.74, 6) is -0.175. The number of carbonyl (C=O) groups is 2. The van der Waals surface area contributed by atoms with E-state index in [9.17, 15) is 9.59 Å². The van der Waals surface area contributed by atoms with Crippen molar-refractivity contribution in [3.63, 3.8) is 0 Å². The van der Waals surface area contributed by atoms with Gasteiger partial charge in [0.1, 0.15) is 0 Å². The SMILES string of the molecule is CCCN1CCN(C(=O)c2cccc(C(=O)N[C@H](C)c3cccc4ccccc34)c2)CC1. The molecule has 0 spiro atoms. The maximum absolute atomic E-state index is 13.0. The average molecular weight is 430 g/mol. The summed E-state index contributed by atoms with van der Waals surface area (Å²) in [6.07, 6.45) is 1.13. The molecule has 5 nitrogen and oxygen atoms in total. The van der Waals surface area contributed by atoms with Crippen LogP contribution in [0.5, 0.6) is 0 Å². The lowest BCUT2D eigenvalue weighted by Gasteiger charge is -2.34. The number of hydrogen-bond acceptors (Lipinski definition) is 3. The molecule has 5 heteroatoms. The van der Waals surface area contributed by atoms with E-state index in [4.69, 9.17) is 0 Å². The number of nitrogens with zero attached hydrogens (tertiary/aromatic N) is 2. The van der Waals surface area contributed by atoms with Gasteiger partial charge in [-0.1, -0.05) is 55.5 Å². The van der Waals surface area contributed by atoms with E-state index in [1.54, 1.807) is 24.3 Å². The quantitative estimate of drug-likeness (QED) is 0.628. The minimum atomic E-state index is -0.173. The van der Waals surface area contributed by atoms with Crippen molar-refractivity contribution in [1.82, 2.24) is 15.1 Å². The fourth-order valence-corrected chi connectivity index (χ4v) is 4.45. The van der Waals surface area contributed by atoms with Crippen LogP contribution >= 0.6 is 0 Å². The number of rotatable bonds is 6. The number of carbonyl (C=O) groups excluding carboxylic acids is 2. The molecule has 3 aromatic carbocycles. The molecule has 1 fully saturated rings. The molecule has 0 bridgehead atoms. The summed E-state index contributed by atoms with van der Waals surface area (Å²) in [5.41, 5.74) is 2.15. The van der Waals surface area contributed by atoms with Gasteiger partial charge in [0.05, 0.1) is 6.04 Å². The standard InChI is InChI=1S/C27H31N3O2/c1-3-14-29-15-17-30(18-16-29)27(32)23-11-6-10-22(19-23)26(31)28-20(2)24-13-7-9-21-8-4-5-12-25(21)24/h4-13,19-20H,3,14-18H2,1-2H3,(H,28,31)/t20-/m1/s1. The number of benzene rings is 3. The second-order valence-electron chi connectivity index (χ2n) is 8.48. The minimum absolute atomic E-state index is 0.00194. The Morgan fingerprint density at radius 3 is 2.38 bits per heavy atom. The molecule has 0 radical (unpaired) electrons. The van der Waals surface area contributed by atoms with Gasteiger partial charge in [-0.05, 0) is 54.4 Å². The van der Waals surface area contributed by atoms with E-state index in [0.29, 0.717) is 11.1 Å². The second kappa shape index (κ2) is 9.96. The molecule has 1 aliphatic rings. The molecular formula is C27H31N3O2.